The van der Waals surface area contributed by atoms with E-state index in [1.54, 1.807) is 11.0 Å². The molecule has 0 N–H and O–H groups in total. The predicted octanol–water partition coefficient (Wildman–Crippen LogP) is 3.54. The summed E-state index contributed by atoms with van der Waals surface area (Å²) in [6.07, 6.45) is 5.14. The number of aromatic nitrogens is 4. The van der Waals surface area contributed by atoms with Crippen molar-refractivity contribution in [2.75, 3.05) is 0 Å². The van der Waals surface area contributed by atoms with Gasteiger partial charge in [0.2, 0.25) is 0 Å². The van der Waals surface area contributed by atoms with Crippen LogP contribution in [0, 0.1) is 0 Å². The van der Waals surface area contributed by atoms with E-state index in [0.717, 1.165) is 11.3 Å². The van der Waals surface area contributed by atoms with Crippen molar-refractivity contribution < 1.29 is 0 Å². The molecule has 0 fully saturated rings. The van der Waals surface area contributed by atoms with Gasteiger partial charge in [0.15, 0.2) is 0 Å². The van der Waals surface area contributed by atoms with Crippen molar-refractivity contribution in [3.63, 3.8) is 0 Å². The van der Waals surface area contributed by atoms with Gasteiger partial charge in [-0.15, -0.1) is 0 Å². The SMILES string of the molecule is c1cc(-c2ccc3sncc3c2)cc(-n2cncn2)c1. The highest BCUT2D eigenvalue weighted by molar-refractivity contribution is 7.13. The highest BCUT2D eigenvalue weighted by Gasteiger charge is 2.03. The highest BCUT2D eigenvalue weighted by atomic mass is 32.1. The summed E-state index contributed by atoms with van der Waals surface area (Å²) in [5, 5.41) is 5.34. The van der Waals surface area contributed by atoms with Crippen molar-refractivity contribution in [1.29, 1.82) is 0 Å². The lowest BCUT2D eigenvalue weighted by Crippen LogP contribution is -1.94. The zero-order chi connectivity index (χ0) is 13.4. The number of hydrogen-bond donors (Lipinski definition) is 0. The molecule has 0 aliphatic rings. The number of fused-ring (bicyclic) bond motifs is 1. The van der Waals surface area contributed by atoms with Crippen molar-refractivity contribution >= 4 is 21.6 Å². The Kier molecular flexibility index (Phi) is 2.57. The third kappa shape index (κ3) is 1.88. The molecule has 0 spiro atoms. The first-order valence-electron chi connectivity index (χ1n) is 6.20. The lowest BCUT2D eigenvalue weighted by molar-refractivity contribution is 0.879. The van der Waals surface area contributed by atoms with Gasteiger partial charge in [-0.3, -0.25) is 0 Å². The maximum absolute atomic E-state index is 4.21. The van der Waals surface area contributed by atoms with Crippen LogP contribution < -0.4 is 0 Å². The van der Waals surface area contributed by atoms with Crippen molar-refractivity contribution in [2.45, 2.75) is 0 Å². The largest absolute Gasteiger partial charge is 0.223 e. The molecular weight excluding hydrogens is 268 g/mol. The summed E-state index contributed by atoms with van der Waals surface area (Å²) in [5.41, 5.74) is 3.34. The molecule has 0 aliphatic carbocycles. The zero-order valence-corrected chi connectivity index (χ0v) is 11.3. The molecule has 0 aliphatic heterocycles. The molecule has 0 amide bonds. The van der Waals surface area contributed by atoms with E-state index < -0.39 is 0 Å². The highest BCUT2D eigenvalue weighted by Crippen LogP contribution is 2.27. The van der Waals surface area contributed by atoms with Gasteiger partial charge < -0.3 is 0 Å². The van der Waals surface area contributed by atoms with Crippen molar-refractivity contribution in [3.8, 4) is 16.8 Å². The summed E-state index contributed by atoms with van der Waals surface area (Å²) in [6, 6.07) is 14.7. The van der Waals surface area contributed by atoms with Crippen molar-refractivity contribution in [3.05, 3.63) is 61.3 Å². The molecule has 4 aromatic rings. The van der Waals surface area contributed by atoms with E-state index in [1.165, 1.54) is 33.5 Å². The predicted molar refractivity (Wildman–Crippen MR) is 80.0 cm³/mol. The van der Waals surface area contributed by atoms with Crippen LogP contribution in [0.25, 0.3) is 26.9 Å². The van der Waals surface area contributed by atoms with Crippen LogP contribution in [0.5, 0.6) is 0 Å². The first kappa shape index (κ1) is 11.3. The maximum Gasteiger partial charge on any atom is 0.138 e. The smallest absolute Gasteiger partial charge is 0.138 e. The first-order chi connectivity index (χ1) is 9.90. The summed E-state index contributed by atoms with van der Waals surface area (Å²) >= 11 is 1.52. The second-order valence-corrected chi connectivity index (χ2v) is 5.30. The van der Waals surface area contributed by atoms with Crippen LogP contribution in [0.4, 0.5) is 0 Å². The third-order valence-electron chi connectivity index (χ3n) is 3.22. The molecule has 0 atom stereocenters. The lowest BCUT2D eigenvalue weighted by Gasteiger charge is -2.05. The minimum absolute atomic E-state index is 1.00. The molecule has 0 radical (unpaired) electrons. The fourth-order valence-electron chi connectivity index (χ4n) is 2.22. The van der Waals surface area contributed by atoms with Crippen LogP contribution in [-0.4, -0.2) is 19.1 Å². The van der Waals surface area contributed by atoms with Gasteiger partial charge in [-0.1, -0.05) is 18.2 Å². The number of nitrogens with zero attached hydrogens (tertiary/aromatic N) is 4. The molecule has 2 heterocycles. The molecule has 4 nitrogen and oxygen atoms in total. The topological polar surface area (TPSA) is 43.6 Å². The molecule has 0 unspecified atom stereocenters. The van der Waals surface area contributed by atoms with Gasteiger partial charge in [-0.25, -0.2) is 9.67 Å². The van der Waals surface area contributed by atoms with Crippen LogP contribution in [0.15, 0.2) is 61.3 Å². The van der Waals surface area contributed by atoms with Crippen LogP contribution >= 0.6 is 11.5 Å². The van der Waals surface area contributed by atoms with Crippen LogP contribution in [0.3, 0.4) is 0 Å². The Morgan fingerprint density at radius 2 is 1.95 bits per heavy atom. The molecule has 20 heavy (non-hydrogen) atoms. The van der Waals surface area contributed by atoms with E-state index >= 15 is 0 Å². The first-order valence-corrected chi connectivity index (χ1v) is 6.97. The second-order valence-electron chi connectivity index (χ2n) is 4.47. The Labute approximate surface area is 119 Å². The van der Waals surface area contributed by atoms with Gasteiger partial charge in [-0.05, 0) is 46.9 Å². The minimum Gasteiger partial charge on any atom is -0.223 e. The van der Waals surface area contributed by atoms with E-state index in [4.69, 9.17) is 0 Å². The number of rotatable bonds is 2. The van der Waals surface area contributed by atoms with E-state index in [9.17, 15) is 0 Å². The Morgan fingerprint density at radius 1 is 1.00 bits per heavy atom. The Bertz CT molecular complexity index is 864. The summed E-state index contributed by atoms with van der Waals surface area (Å²) in [5.74, 6) is 0. The van der Waals surface area contributed by atoms with Gasteiger partial charge in [0, 0.05) is 11.6 Å². The van der Waals surface area contributed by atoms with E-state index in [2.05, 4.69) is 44.8 Å². The average Bonchev–Trinajstić information content (AvgIpc) is 3.18. The Hall–Kier alpha value is -2.53. The monoisotopic (exact) mass is 278 g/mol. The summed E-state index contributed by atoms with van der Waals surface area (Å²) in [4.78, 5) is 3.98. The molecule has 0 saturated carbocycles. The lowest BCUT2D eigenvalue weighted by atomic mass is 10.0. The van der Waals surface area contributed by atoms with E-state index in [1.807, 2.05) is 18.3 Å². The van der Waals surface area contributed by atoms with Crippen molar-refractivity contribution in [1.82, 2.24) is 19.1 Å². The summed E-state index contributed by atoms with van der Waals surface area (Å²) < 4.78 is 7.18. The van der Waals surface area contributed by atoms with Gasteiger partial charge in [0.05, 0.1) is 10.4 Å². The van der Waals surface area contributed by atoms with Gasteiger partial charge in [0.1, 0.15) is 12.7 Å². The molecule has 4 rings (SSSR count). The fourth-order valence-corrected chi connectivity index (χ4v) is 2.85. The quantitative estimate of drug-likeness (QED) is 0.563. The molecular formula is C15H10N4S. The van der Waals surface area contributed by atoms with E-state index in [0.29, 0.717) is 0 Å². The molecule has 96 valence electrons. The molecule has 0 saturated heterocycles. The van der Waals surface area contributed by atoms with Crippen molar-refractivity contribution in [2.24, 2.45) is 0 Å². The van der Waals surface area contributed by atoms with Gasteiger partial charge in [-0.2, -0.15) is 9.47 Å². The normalized spacial score (nSPS) is 11.0. The molecule has 2 aromatic carbocycles. The summed E-state index contributed by atoms with van der Waals surface area (Å²) in [7, 11) is 0. The average molecular weight is 278 g/mol. The van der Waals surface area contributed by atoms with Crippen LogP contribution in [-0.2, 0) is 0 Å². The van der Waals surface area contributed by atoms with Gasteiger partial charge >= 0.3 is 0 Å². The molecule has 2 aromatic heterocycles. The zero-order valence-electron chi connectivity index (χ0n) is 10.5. The number of hydrogen-bond acceptors (Lipinski definition) is 4. The standard InChI is InChI=1S/C15H10N4S/c1-2-11(7-14(3-1)19-10-16-9-17-19)12-4-5-15-13(6-12)8-18-20-15/h1-10H. The second kappa shape index (κ2) is 4.54. The van der Waals surface area contributed by atoms with Gasteiger partial charge in [0.25, 0.3) is 0 Å². The minimum atomic E-state index is 1.00. The summed E-state index contributed by atoms with van der Waals surface area (Å²) in [6.45, 7) is 0. The Morgan fingerprint density at radius 3 is 2.85 bits per heavy atom. The van der Waals surface area contributed by atoms with Crippen LogP contribution in [0.2, 0.25) is 0 Å². The molecule has 5 heteroatoms. The molecule has 0 bridgehead atoms. The maximum atomic E-state index is 4.21. The van der Waals surface area contributed by atoms with Crippen LogP contribution in [0.1, 0.15) is 0 Å². The Balaban J connectivity index is 1.83. The fraction of sp³-hybridized carbons (Fsp3) is 0. The number of benzene rings is 2. The van der Waals surface area contributed by atoms with E-state index in [-0.39, 0.29) is 0 Å². The third-order valence-corrected chi connectivity index (χ3v) is 3.99.